The Bertz CT molecular complexity index is 969. The van der Waals surface area contributed by atoms with Crippen molar-refractivity contribution in [2.75, 3.05) is 13.7 Å². The van der Waals surface area contributed by atoms with Gasteiger partial charge >= 0.3 is 0 Å². The van der Waals surface area contributed by atoms with Gasteiger partial charge in [-0.2, -0.15) is 0 Å². The van der Waals surface area contributed by atoms with E-state index in [-0.39, 0.29) is 16.8 Å². The molecule has 1 amide bonds. The minimum Gasteiger partial charge on any atom is -0.497 e. The average Bonchev–Trinajstić information content (AvgIpc) is 2.55. The van der Waals surface area contributed by atoms with Gasteiger partial charge in [-0.3, -0.25) is 4.79 Å². The van der Waals surface area contributed by atoms with Crippen LogP contribution in [0.2, 0.25) is 0 Å². The number of primary sulfonamides is 1. The lowest BCUT2D eigenvalue weighted by Crippen LogP contribution is -2.45. The van der Waals surface area contributed by atoms with Crippen molar-refractivity contribution in [3.05, 3.63) is 58.7 Å². The number of benzene rings is 2. The van der Waals surface area contributed by atoms with E-state index in [1.807, 2.05) is 24.3 Å². The fourth-order valence-corrected chi connectivity index (χ4v) is 4.12. The Balaban J connectivity index is 1.93. The molecule has 2 N–H and O–H groups in total. The van der Waals surface area contributed by atoms with Crippen molar-refractivity contribution in [3.8, 4) is 5.75 Å². The Kier molecular flexibility index (Phi) is 4.77. The lowest BCUT2D eigenvalue weighted by Gasteiger charge is -2.41. The summed E-state index contributed by atoms with van der Waals surface area (Å²) in [6, 6.07) is 10.7. The summed E-state index contributed by atoms with van der Waals surface area (Å²) >= 11 is 0. The van der Waals surface area contributed by atoms with Crippen LogP contribution >= 0.6 is 0 Å². The van der Waals surface area contributed by atoms with E-state index < -0.39 is 10.0 Å². The molecule has 0 radical (unpaired) electrons. The highest BCUT2D eigenvalue weighted by Crippen LogP contribution is 2.36. The maximum absolute atomic E-state index is 13.0. The van der Waals surface area contributed by atoms with Crippen LogP contribution in [-0.4, -0.2) is 32.9 Å². The molecule has 6 nitrogen and oxygen atoms in total. The van der Waals surface area contributed by atoms with Gasteiger partial charge in [0.2, 0.25) is 10.0 Å². The van der Waals surface area contributed by atoms with Gasteiger partial charge in [0.1, 0.15) is 5.75 Å². The molecule has 0 saturated carbocycles. The number of hydrogen-bond donors (Lipinski definition) is 1. The standard InChI is InChI=1S/C19H22N2O4S/c1-12-9-15(11-18(13(12)2)26(20,23)24)19(22)21-8-7-17(21)14-5-4-6-16(10-14)25-3/h4-6,9-11,17H,7-8H2,1-3H3,(H2,20,23,24)/t17-/m0/s1. The Hall–Kier alpha value is -2.38. The van der Waals surface area contributed by atoms with Crippen molar-refractivity contribution in [2.45, 2.75) is 31.2 Å². The number of sulfonamides is 1. The highest BCUT2D eigenvalue weighted by atomic mass is 32.2. The van der Waals surface area contributed by atoms with E-state index in [2.05, 4.69) is 0 Å². The van der Waals surface area contributed by atoms with Crippen molar-refractivity contribution >= 4 is 15.9 Å². The molecule has 3 rings (SSSR count). The van der Waals surface area contributed by atoms with Crippen LogP contribution in [0.3, 0.4) is 0 Å². The number of rotatable bonds is 4. The van der Waals surface area contributed by atoms with Crippen molar-refractivity contribution in [1.29, 1.82) is 0 Å². The third kappa shape index (κ3) is 3.32. The quantitative estimate of drug-likeness (QED) is 0.890. The topological polar surface area (TPSA) is 89.7 Å². The number of ether oxygens (including phenoxy) is 1. The second kappa shape index (κ2) is 6.74. The molecule has 1 saturated heterocycles. The number of carbonyl (C=O) groups excluding carboxylic acids is 1. The van der Waals surface area contributed by atoms with Gasteiger partial charge in [0.25, 0.3) is 5.91 Å². The minimum absolute atomic E-state index is 0.000645. The molecule has 1 aliphatic rings. The van der Waals surface area contributed by atoms with Crippen LogP contribution in [0.4, 0.5) is 0 Å². The predicted octanol–water partition coefficient (Wildman–Crippen LogP) is 2.55. The lowest BCUT2D eigenvalue weighted by atomic mass is 9.93. The molecule has 7 heteroatoms. The average molecular weight is 374 g/mol. The normalized spacial score (nSPS) is 16.9. The SMILES string of the molecule is COc1cccc([C@@H]2CCN2C(=O)c2cc(C)c(C)c(S(N)(=O)=O)c2)c1. The second-order valence-electron chi connectivity index (χ2n) is 6.54. The van der Waals surface area contributed by atoms with Crippen molar-refractivity contribution < 1.29 is 17.9 Å². The fourth-order valence-electron chi connectivity index (χ4n) is 3.24. The molecular weight excluding hydrogens is 352 g/mol. The molecule has 1 atom stereocenters. The van der Waals surface area contributed by atoms with Crippen molar-refractivity contribution in [1.82, 2.24) is 4.90 Å². The van der Waals surface area contributed by atoms with E-state index in [4.69, 9.17) is 9.88 Å². The van der Waals surface area contributed by atoms with E-state index >= 15 is 0 Å². The number of nitrogens with zero attached hydrogens (tertiary/aromatic N) is 1. The number of nitrogens with two attached hydrogens (primary N) is 1. The smallest absolute Gasteiger partial charge is 0.254 e. The molecule has 0 bridgehead atoms. The molecule has 2 aromatic rings. The van der Waals surface area contributed by atoms with Crippen LogP contribution in [-0.2, 0) is 10.0 Å². The first-order valence-electron chi connectivity index (χ1n) is 8.31. The number of aryl methyl sites for hydroxylation is 1. The Morgan fingerprint density at radius 3 is 2.54 bits per heavy atom. The van der Waals surface area contributed by atoms with Gasteiger partial charge in [0, 0.05) is 12.1 Å². The van der Waals surface area contributed by atoms with Crippen LogP contribution < -0.4 is 9.88 Å². The molecule has 1 fully saturated rings. The molecule has 26 heavy (non-hydrogen) atoms. The molecule has 0 unspecified atom stereocenters. The molecule has 0 aromatic heterocycles. The van der Waals surface area contributed by atoms with Gasteiger partial charge in [-0.05, 0) is 61.2 Å². The summed E-state index contributed by atoms with van der Waals surface area (Å²) in [4.78, 5) is 14.7. The maximum atomic E-state index is 13.0. The lowest BCUT2D eigenvalue weighted by molar-refractivity contribution is 0.0459. The molecular formula is C19H22N2O4S. The molecule has 0 aliphatic carbocycles. The summed E-state index contributed by atoms with van der Waals surface area (Å²) in [5, 5.41) is 5.30. The monoisotopic (exact) mass is 374 g/mol. The Morgan fingerprint density at radius 2 is 1.96 bits per heavy atom. The summed E-state index contributed by atoms with van der Waals surface area (Å²) in [6.45, 7) is 4.08. The number of methoxy groups -OCH3 is 1. The first-order valence-corrected chi connectivity index (χ1v) is 9.86. The number of likely N-dealkylation sites (tertiary alicyclic amines) is 1. The fraction of sp³-hybridized carbons (Fsp3) is 0.316. The number of carbonyl (C=O) groups is 1. The summed E-state index contributed by atoms with van der Waals surface area (Å²) in [5.41, 5.74) is 2.62. The van der Waals surface area contributed by atoms with Gasteiger partial charge in [0.15, 0.2) is 0 Å². The minimum atomic E-state index is -3.89. The van der Waals surface area contributed by atoms with E-state index in [9.17, 15) is 13.2 Å². The van der Waals surface area contributed by atoms with E-state index in [1.165, 1.54) is 6.07 Å². The zero-order valence-electron chi connectivity index (χ0n) is 15.0. The van der Waals surface area contributed by atoms with Crippen LogP contribution in [0.1, 0.15) is 39.5 Å². The third-order valence-corrected chi connectivity index (χ3v) is 5.97. The highest BCUT2D eigenvalue weighted by Gasteiger charge is 2.34. The van der Waals surface area contributed by atoms with Gasteiger partial charge < -0.3 is 9.64 Å². The maximum Gasteiger partial charge on any atom is 0.254 e. The summed E-state index contributed by atoms with van der Waals surface area (Å²) < 4.78 is 28.9. The Morgan fingerprint density at radius 1 is 1.23 bits per heavy atom. The second-order valence-corrected chi connectivity index (χ2v) is 8.07. The van der Waals surface area contributed by atoms with Crippen LogP contribution in [0.25, 0.3) is 0 Å². The molecule has 0 spiro atoms. The van der Waals surface area contributed by atoms with Crippen molar-refractivity contribution in [3.63, 3.8) is 0 Å². The van der Waals surface area contributed by atoms with Crippen LogP contribution in [0.15, 0.2) is 41.3 Å². The Labute approximate surface area is 153 Å². The van der Waals surface area contributed by atoms with Crippen LogP contribution in [0.5, 0.6) is 5.75 Å². The summed E-state index contributed by atoms with van der Waals surface area (Å²) in [5.74, 6) is 0.543. The summed E-state index contributed by atoms with van der Waals surface area (Å²) in [7, 11) is -2.28. The van der Waals surface area contributed by atoms with Gasteiger partial charge in [-0.25, -0.2) is 13.6 Å². The van der Waals surface area contributed by atoms with E-state index in [0.29, 0.717) is 17.7 Å². The highest BCUT2D eigenvalue weighted by molar-refractivity contribution is 7.89. The molecule has 1 heterocycles. The van der Waals surface area contributed by atoms with Crippen molar-refractivity contribution in [2.24, 2.45) is 5.14 Å². The van der Waals surface area contributed by atoms with Gasteiger partial charge in [-0.1, -0.05) is 12.1 Å². The third-order valence-electron chi connectivity index (χ3n) is 4.93. The molecule has 138 valence electrons. The first kappa shape index (κ1) is 18.4. The van der Waals surface area contributed by atoms with Crippen LogP contribution in [0, 0.1) is 13.8 Å². The zero-order valence-corrected chi connectivity index (χ0v) is 15.8. The number of hydrogen-bond acceptors (Lipinski definition) is 4. The number of amides is 1. The first-order chi connectivity index (χ1) is 12.2. The molecule has 2 aromatic carbocycles. The van der Waals surface area contributed by atoms with E-state index in [0.717, 1.165) is 23.3 Å². The van der Waals surface area contributed by atoms with E-state index in [1.54, 1.807) is 31.9 Å². The van der Waals surface area contributed by atoms with Gasteiger partial charge in [0.05, 0.1) is 18.0 Å². The predicted molar refractivity (Wildman–Crippen MR) is 98.7 cm³/mol. The summed E-state index contributed by atoms with van der Waals surface area (Å²) in [6.07, 6.45) is 0.853. The largest absolute Gasteiger partial charge is 0.497 e. The van der Waals surface area contributed by atoms with Gasteiger partial charge in [-0.15, -0.1) is 0 Å². The molecule has 1 aliphatic heterocycles. The zero-order chi connectivity index (χ0) is 19.1.